The van der Waals surface area contributed by atoms with E-state index < -0.39 is 5.82 Å². The molecule has 0 bridgehead atoms. The Morgan fingerprint density at radius 2 is 1.95 bits per heavy atom. The Morgan fingerprint density at radius 1 is 1.23 bits per heavy atom. The molecule has 0 unspecified atom stereocenters. The topological polar surface area (TPSA) is 43.8 Å². The first-order valence-electron chi connectivity index (χ1n) is 7.72. The van der Waals surface area contributed by atoms with Gasteiger partial charge in [-0.3, -0.25) is 9.69 Å². The van der Waals surface area contributed by atoms with E-state index in [9.17, 15) is 14.3 Å². The molecule has 1 heterocycles. The molecular weight excluding hydrogens is 307 g/mol. The largest absolute Gasteiger partial charge is 0.391 e. The van der Waals surface area contributed by atoms with Crippen LogP contribution in [0.2, 0.25) is 5.02 Å². The highest BCUT2D eigenvalue weighted by Gasteiger charge is 2.33. The fourth-order valence-electron chi connectivity index (χ4n) is 3.44. The number of hydrogen-bond acceptors (Lipinski definition) is 3. The van der Waals surface area contributed by atoms with E-state index in [-0.39, 0.29) is 23.6 Å². The fourth-order valence-corrected chi connectivity index (χ4v) is 3.61. The third-order valence-electron chi connectivity index (χ3n) is 4.67. The standard InChI is InChI=1S/C16H20ClFN2O2/c17-11-4-5-13(18)12(10-11)16(22)20-8-6-19(7-9-20)14-2-1-3-15(14)21/h4-5,10,14-15,21H,1-3,6-9H2/t14-,15+/m1/s1. The van der Waals surface area contributed by atoms with Crippen molar-refractivity contribution in [3.8, 4) is 0 Å². The molecular formula is C16H20ClFN2O2. The highest BCUT2D eigenvalue weighted by atomic mass is 35.5. The number of nitrogens with zero attached hydrogens (tertiary/aromatic N) is 2. The summed E-state index contributed by atoms with van der Waals surface area (Å²) in [6.45, 7) is 2.54. The molecule has 0 spiro atoms. The number of aliphatic hydroxyl groups excluding tert-OH is 1. The maximum atomic E-state index is 13.8. The van der Waals surface area contributed by atoms with E-state index in [1.807, 2.05) is 0 Å². The van der Waals surface area contributed by atoms with Crippen molar-refractivity contribution in [3.05, 3.63) is 34.6 Å². The molecule has 1 amide bonds. The van der Waals surface area contributed by atoms with Crippen molar-refractivity contribution in [3.63, 3.8) is 0 Å². The lowest BCUT2D eigenvalue weighted by Crippen LogP contribution is -2.53. The Bertz CT molecular complexity index is 561. The highest BCUT2D eigenvalue weighted by Crippen LogP contribution is 2.25. The summed E-state index contributed by atoms with van der Waals surface area (Å²) in [5.74, 6) is -0.852. The van der Waals surface area contributed by atoms with Crippen molar-refractivity contribution >= 4 is 17.5 Å². The van der Waals surface area contributed by atoms with Crippen LogP contribution in [0.3, 0.4) is 0 Å². The molecule has 0 aromatic heterocycles. The summed E-state index contributed by atoms with van der Waals surface area (Å²) < 4.78 is 13.8. The van der Waals surface area contributed by atoms with Gasteiger partial charge in [0.2, 0.25) is 0 Å². The van der Waals surface area contributed by atoms with E-state index in [0.29, 0.717) is 18.1 Å². The molecule has 2 aliphatic rings. The van der Waals surface area contributed by atoms with E-state index in [0.717, 1.165) is 32.4 Å². The van der Waals surface area contributed by atoms with Crippen LogP contribution in [0.15, 0.2) is 18.2 Å². The molecule has 0 radical (unpaired) electrons. The number of carbonyl (C=O) groups is 1. The molecule has 1 saturated carbocycles. The second-order valence-electron chi connectivity index (χ2n) is 6.02. The minimum atomic E-state index is -0.539. The zero-order valence-corrected chi connectivity index (χ0v) is 13.1. The molecule has 1 saturated heterocycles. The predicted octanol–water partition coefficient (Wildman–Crippen LogP) is 2.15. The van der Waals surface area contributed by atoms with Crippen LogP contribution in [0.25, 0.3) is 0 Å². The minimum absolute atomic E-state index is 0.0295. The van der Waals surface area contributed by atoms with Crippen molar-refractivity contribution in [2.24, 2.45) is 0 Å². The first-order chi connectivity index (χ1) is 10.6. The lowest BCUT2D eigenvalue weighted by molar-refractivity contribution is 0.0313. The van der Waals surface area contributed by atoms with Gasteiger partial charge in [-0.25, -0.2) is 4.39 Å². The Hall–Kier alpha value is -1.17. The number of benzene rings is 1. The van der Waals surface area contributed by atoms with Gasteiger partial charge in [0, 0.05) is 37.2 Å². The minimum Gasteiger partial charge on any atom is -0.391 e. The third kappa shape index (κ3) is 3.12. The van der Waals surface area contributed by atoms with Gasteiger partial charge in [0.25, 0.3) is 5.91 Å². The summed E-state index contributed by atoms with van der Waals surface area (Å²) in [5, 5.41) is 10.3. The lowest BCUT2D eigenvalue weighted by Gasteiger charge is -2.39. The van der Waals surface area contributed by atoms with Gasteiger partial charge < -0.3 is 10.0 Å². The molecule has 6 heteroatoms. The molecule has 22 heavy (non-hydrogen) atoms. The monoisotopic (exact) mass is 326 g/mol. The molecule has 1 aromatic rings. The number of rotatable bonds is 2. The summed E-state index contributed by atoms with van der Waals surface area (Å²) in [6.07, 6.45) is 2.67. The van der Waals surface area contributed by atoms with Crippen molar-refractivity contribution in [1.29, 1.82) is 0 Å². The SMILES string of the molecule is O=C(c1cc(Cl)ccc1F)N1CCN([C@@H]2CCC[C@@H]2O)CC1. The smallest absolute Gasteiger partial charge is 0.256 e. The summed E-state index contributed by atoms with van der Waals surface area (Å²) in [5.41, 5.74) is 0.0295. The quantitative estimate of drug-likeness (QED) is 0.905. The van der Waals surface area contributed by atoms with Crippen LogP contribution in [-0.2, 0) is 0 Å². The van der Waals surface area contributed by atoms with Gasteiger partial charge in [-0.05, 0) is 37.5 Å². The zero-order chi connectivity index (χ0) is 15.7. The maximum Gasteiger partial charge on any atom is 0.256 e. The van der Waals surface area contributed by atoms with Crippen molar-refractivity contribution in [1.82, 2.24) is 9.80 Å². The zero-order valence-electron chi connectivity index (χ0n) is 12.3. The van der Waals surface area contributed by atoms with Gasteiger partial charge in [0.15, 0.2) is 0 Å². The van der Waals surface area contributed by atoms with E-state index in [1.165, 1.54) is 18.2 Å². The van der Waals surface area contributed by atoms with Crippen LogP contribution < -0.4 is 0 Å². The molecule has 1 aliphatic heterocycles. The van der Waals surface area contributed by atoms with E-state index in [1.54, 1.807) is 4.90 Å². The maximum absolute atomic E-state index is 13.8. The number of carbonyl (C=O) groups excluding carboxylic acids is 1. The van der Waals surface area contributed by atoms with Crippen LogP contribution in [0.4, 0.5) is 4.39 Å². The molecule has 120 valence electrons. The Labute approximate surface area is 134 Å². The van der Waals surface area contributed by atoms with Crippen LogP contribution in [0.1, 0.15) is 29.6 Å². The first-order valence-corrected chi connectivity index (χ1v) is 8.10. The predicted molar refractivity (Wildman–Crippen MR) is 82.5 cm³/mol. The summed E-state index contributed by atoms with van der Waals surface area (Å²) >= 11 is 5.85. The molecule has 1 N–H and O–H groups in total. The van der Waals surface area contributed by atoms with E-state index >= 15 is 0 Å². The van der Waals surface area contributed by atoms with Gasteiger partial charge in [-0.2, -0.15) is 0 Å². The molecule has 1 aromatic carbocycles. The van der Waals surface area contributed by atoms with Crippen molar-refractivity contribution < 1.29 is 14.3 Å². The molecule has 1 aliphatic carbocycles. The second kappa shape index (κ2) is 6.52. The molecule has 2 atom stereocenters. The van der Waals surface area contributed by atoms with Gasteiger partial charge in [0.05, 0.1) is 11.7 Å². The van der Waals surface area contributed by atoms with Gasteiger partial charge in [-0.1, -0.05) is 11.6 Å². The molecule has 3 rings (SSSR count). The first kappa shape index (κ1) is 15.7. The summed E-state index contributed by atoms with van der Waals surface area (Å²) in [6, 6.07) is 4.25. The number of amides is 1. The van der Waals surface area contributed by atoms with Crippen LogP contribution in [0, 0.1) is 5.82 Å². The van der Waals surface area contributed by atoms with Gasteiger partial charge >= 0.3 is 0 Å². The normalized spacial score (nSPS) is 26.4. The van der Waals surface area contributed by atoms with Crippen LogP contribution >= 0.6 is 11.6 Å². The fraction of sp³-hybridized carbons (Fsp3) is 0.562. The van der Waals surface area contributed by atoms with Gasteiger partial charge in [-0.15, -0.1) is 0 Å². The molecule has 4 nitrogen and oxygen atoms in total. The number of hydrogen-bond donors (Lipinski definition) is 1. The van der Waals surface area contributed by atoms with Crippen LogP contribution in [-0.4, -0.2) is 59.1 Å². The average Bonchev–Trinajstić information content (AvgIpc) is 2.95. The summed E-state index contributed by atoms with van der Waals surface area (Å²) in [4.78, 5) is 16.3. The van der Waals surface area contributed by atoms with Gasteiger partial charge in [0.1, 0.15) is 5.82 Å². The third-order valence-corrected chi connectivity index (χ3v) is 4.91. The van der Waals surface area contributed by atoms with Crippen LogP contribution in [0.5, 0.6) is 0 Å². The Kier molecular flexibility index (Phi) is 4.66. The Balaban J connectivity index is 1.63. The van der Waals surface area contributed by atoms with Crippen molar-refractivity contribution in [2.45, 2.75) is 31.4 Å². The van der Waals surface area contributed by atoms with E-state index in [4.69, 9.17) is 11.6 Å². The Morgan fingerprint density at radius 3 is 2.59 bits per heavy atom. The van der Waals surface area contributed by atoms with E-state index in [2.05, 4.69) is 4.90 Å². The highest BCUT2D eigenvalue weighted by molar-refractivity contribution is 6.31. The average molecular weight is 327 g/mol. The second-order valence-corrected chi connectivity index (χ2v) is 6.45. The number of halogens is 2. The lowest BCUT2D eigenvalue weighted by atomic mass is 10.1. The summed E-state index contributed by atoms with van der Waals surface area (Å²) in [7, 11) is 0. The number of aliphatic hydroxyl groups is 1. The number of piperazine rings is 1. The molecule has 2 fully saturated rings. The van der Waals surface area contributed by atoms with Crippen molar-refractivity contribution in [2.75, 3.05) is 26.2 Å².